The van der Waals surface area contributed by atoms with Crippen LogP contribution in [0.25, 0.3) is 0 Å². The molecule has 1 aliphatic carbocycles. The second-order valence-corrected chi connectivity index (χ2v) is 11.0. The van der Waals surface area contributed by atoms with Crippen LogP contribution < -0.4 is 0 Å². The molecule has 0 atom stereocenters. The first-order chi connectivity index (χ1) is 14.0. The molecule has 0 amide bonds. The van der Waals surface area contributed by atoms with Gasteiger partial charge < -0.3 is 0 Å². The predicted molar refractivity (Wildman–Crippen MR) is 116 cm³/mol. The lowest BCUT2D eigenvalue weighted by atomic mass is 9.76. The van der Waals surface area contributed by atoms with E-state index in [-0.39, 0.29) is 5.92 Å². The van der Waals surface area contributed by atoms with E-state index in [1.54, 1.807) is 0 Å². The molecule has 1 fully saturated rings. The number of halogens is 5. The lowest BCUT2D eigenvalue weighted by molar-refractivity contribution is 0.363. The molecular formula is C24H31F5S. The highest BCUT2D eigenvalue weighted by molar-refractivity contribution is 8.45. The van der Waals surface area contributed by atoms with Crippen molar-refractivity contribution in [3.63, 3.8) is 0 Å². The number of rotatable bonds is 8. The minimum absolute atomic E-state index is 0.131. The molecule has 2 aromatic carbocycles. The zero-order chi connectivity index (χ0) is 21.9. The summed E-state index contributed by atoms with van der Waals surface area (Å²) in [5.74, 6) is 0.589. The van der Waals surface area contributed by atoms with Crippen LogP contribution in [0.1, 0.15) is 86.8 Å². The molecule has 1 aliphatic rings. The highest BCUT2D eigenvalue weighted by Gasteiger charge is 2.65. The number of hydrogen-bond donors (Lipinski definition) is 0. The Bertz CT molecular complexity index is 817. The van der Waals surface area contributed by atoms with Gasteiger partial charge in [0, 0.05) is 0 Å². The number of unbranched alkanes of at least 4 members (excludes halogenated alkanes) is 3. The van der Waals surface area contributed by atoms with Crippen molar-refractivity contribution < 1.29 is 19.4 Å². The Balaban J connectivity index is 1.55. The quantitative estimate of drug-likeness (QED) is 0.279. The molecule has 0 radical (unpaired) electrons. The maximum atomic E-state index is 12.9. The molecule has 6 heteroatoms. The van der Waals surface area contributed by atoms with Crippen molar-refractivity contribution in [2.75, 3.05) is 0 Å². The third-order valence-corrected chi connectivity index (χ3v) is 7.46. The molecule has 3 rings (SSSR count). The van der Waals surface area contributed by atoms with E-state index < -0.39 is 15.1 Å². The summed E-state index contributed by atoms with van der Waals surface area (Å²) >= 11 is 0. The van der Waals surface area contributed by atoms with Gasteiger partial charge in [0.15, 0.2) is 0 Å². The first kappa shape index (κ1) is 23.1. The van der Waals surface area contributed by atoms with E-state index >= 15 is 0 Å². The van der Waals surface area contributed by atoms with Crippen LogP contribution in [-0.2, 0) is 6.42 Å². The summed E-state index contributed by atoms with van der Waals surface area (Å²) in [6, 6.07) is 12.4. The van der Waals surface area contributed by atoms with Gasteiger partial charge in [0.1, 0.15) is 4.90 Å². The molecule has 0 saturated heterocycles. The number of hydrogen-bond acceptors (Lipinski definition) is 0. The molecular weight excluding hydrogens is 415 g/mol. The molecule has 0 aliphatic heterocycles. The summed E-state index contributed by atoms with van der Waals surface area (Å²) in [5, 5.41) is 0. The fourth-order valence-electron chi connectivity index (χ4n) is 4.47. The predicted octanol–water partition coefficient (Wildman–Crippen LogP) is 9.91. The Morgan fingerprint density at radius 3 is 1.57 bits per heavy atom. The van der Waals surface area contributed by atoms with Crippen LogP contribution in [0.5, 0.6) is 0 Å². The highest BCUT2D eigenvalue weighted by Crippen LogP contribution is 3.02. The standard InChI is InChI=1S/C24H31F5S/c1-2-3-4-5-6-19-7-9-20(10-8-19)21-11-13-22(14-12-21)23-15-17-24(18-16-23)30(25,26,27,28)29/h7-10,15-18,21-22H,2-6,11-14H2,1H3/t21-,22-. The van der Waals surface area contributed by atoms with Crippen molar-refractivity contribution in [3.05, 3.63) is 65.2 Å². The molecule has 1 saturated carbocycles. The summed E-state index contributed by atoms with van der Waals surface area (Å²) in [6.45, 7) is 2.21. The van der Waals surface area contributed by atoms with Gasteiger partial charge in [-0.05, 0) is 79.2 Å². The Labute approximate surface area is 176 Å². The first-order valence-electron chi connectivity index (χ1n) is 10.9. The van der Waals surface area contributed by atoms with Crippen molar-refractivity contribution in [3.8, 4) is 0 Å². The summed E-state index contributed by atoms with van der Waals surface area (Å²) in [7, 11) is -9.59. The fourth-order valence-corrected chi connectivity index (χ4v) is 5.12. The average molecular weight is 447 g/mol. The molecule has 0 heterocycles. The third-order valence-electron chi connectivity index (χ3n) is 6.29. The Hall–Kier alpha value is -1.56. The van der Waals surface area contributed by atoms with Gasteiger partial charge in [-0.15, -0.1) is 0 Å². The van der Waals surface area contributed by atoms with E-state index in [0.29, 0.717) is 18.1 Å². The lowest BCUT2D eigenvalue weighted by Gasteiger charge is -2.40. The van der Waals surface area contributed by atoms with Crippen LogP contribution in [0.4, 0.5) is 19.4 Å². The molecule has 2 aromatic rings. The van der Waals surface area contributed by atoms with Crippen molar-refractivity contribution in [1.82, 2.24) is 0 Å². The van der Waals surface area contributed by atoms with Gasteiger partial charge >= 0.3 is 10.2 Å². The van der Waals surface area contributed by atoms with Crippen LogP contribution in [0, 0.1) is 0 Å². The fraction of sp³-hybridized carbons (Fsp3) is 0.500. The molecule has 0 N–H and O–H groups in total. The van der Waals surface area contributed by atoms with Gasteiger partial charge in [0.05, 0.1) is 0 Å². The minimum atomic E-state index is -9.59. The topological polar surface area (TPSA) is 0 Å². The van der Waals surface area contributed by atoms with Gasteiger partial charge in [-0.1, -0.05) is 82.0 Å². The number of aryl methyl sites for hydroxylation is 1. The second kappa shape index (κ2) is 8.18. The van der Waals surface area contributed by atoms with Crippen LogP contribution >= 0.6 is 10.2 Å². The molecule has 30 heavy (non-hydrogen) atoms. The van der Waals surface area contributed by atoms with Crippen molar-refractivity contribution in [1.29, 1.82) is 0 Å². The van der Waals surface area contributed by atoms with E-state index in [1.807, 2.05) is 0 Å². The van der Waals surface area contributed by atoms with Crippen LogP contribution in [-0.4, -0.2) is 0 Å². The number of benzene rings is 2. The van der Waals surface area contributed by atoms with E-state index in [0.717, 1.165) is 37.7 Å². The largest absolute Gasteiger partial charge is 0.310 e. The zero-order valence-corrected chi connectivity index (χ0v) is 18.3. The molecule has 0 spiro atoms. The minimum Gasteiger partial charge on any atom is -0.0936 e. The van der Waals surface area contributed by atoms with Crippen LogP contribution in [0.3, 0.4) is 0 Å². The van der Waals surface area contributed by atoms with E-state index in [2.05, 4.69) is 31.2 Å². The first-order valence-corrected chi connectivity index (χ1v) is 12.8. The third kappa shape index (κ3) is 6.22. The SMILES string of the molecule is CCCCCCc1ccc([C@H]2CC[C@H](c3ccc(S(F)(F)(F)(F)F)cc3)CC2)cc1. The lowest BCUT2D eigenvalue weighted by Crippen LogP contribution is -2.12. The van der Waals surface area contributed by atoms with E-state index in [9.17, 15) is 19.4 Å². The average Bonchev–Trinajstić information content (AvgIpc) is 2.70. The van der Waals surface area contributed by atoms with Gasteiger partial charge in [-0.2, -0.15) is 0 Å². The Kier molecular flexibility index (Phi) is 6.30. The summed E-state index contributed by atoms with van der Waals surface area (Å²) in [6.07, 6.45) is 9.77. The molecule has 0 unspecified atom stereocenters. The zero-order valence-electron chi connectivity index (χ0n) is 17.4. The van der Waals surface area contributed by atoms with Crippen molar-refractivity contribution in [2.24, 2.45) is 0 Å². The molecule has 0 bridgehead atoms. The smallest absolute Gasteiger partial charge is 0.0936 e. The Morgan fingerprint density at radius 2 is 1.13 bits per heavy atom. The van der Waals surface area contributed by atoms with Gasteiger partial charge in [0.2, 0.25) is 0 Å². The van der Waals surface area contributed by atoms with E-state index in [1.165, 1.54) is 48.9 Å². The van der Waals surface area contributed by atoms with Crippen molar-refractivity contribution in [2.45, 2.75) is 81.4 Å². The van der Waals surface area contributed by atoms with Gasteiger partial charge in [-0.3, -0.25) is 0 Å². The molecule has 0 nitrogen and oxygen atoms in total. The van der Waals surface area contributed by atoms with Gasteiger partial charge in [-0.25, -0.2) is 0 Å². The monoisotopic (exact) mass is 446 g/mol. The normalized spacial score (nSPS) is 22.3. The maximum absolute atomic E-state index is 12.9. The van der Waals surface area contributed by atoms with Crippen LogP contribution in [0.15, 0.2) is 53.4 Å². The molecule has 0 aromatic heterocycles. The van der Waals surface area contributed by atoms with Crippen molar-refractivity contribution >= 4 is 10.2 Å². The maximum Gasteiger partial charge on any atom is 0.310 e. The molecule has 168 valence electrons. The van der Waals surface area contributed by atoms with Gasteiger partial charge in [0.25, 0.3) is 0 Å². The second-order valence-electron chi connectivity index (χ2n) is 8.64. The summed E-state index contributed by atoms with van der Waals surface area (Å²) in [4.78, 5) is -1.80. The summed E-state index contributed by atoms with van der Waals surface area (Å²) in [5.41, 5.74) is 3.41. The van der Waals surface area contributed by atoms with E-state index in [4.69, 9.17) is 0 Å². The highest BCUT2D eigenvalue weighted by atomic mass is 32.5. The van der Waals surface area contributed by atoms with Crippen LogP contribution in [0.2, 0.25) is 0 Å². The summed E-state index contributed by atoms with van der Waals surface area (Å²) < 4.78 is 64.5. The Morgan fingerprint density at radius 1 is 0.667 bits per heavy atom.